The Labute approximate surface area is 84.1 Å². The summed E-state index contributed by atoms with van der Waals surface area (Å²) in [6.07, 6.45) is 0. The molecule has 1 aromatic heterocycles. The maximum Gasteiger partial charge on any atom is 0.156 e. The highest BCUT2D eigenvalue weighted by Gasteiger charge is 2.14. The molecule has 0 spiro atoms. The van der Waals surface area contributed by atoms with E-state index in [9.17, 15) is 0 Å². The number of rotatable bonds is 1. The van der Waals surface area contributed by atoms with Crippen LogP contribution in [0.5, 0.6) is 0 Å². The molecule has 66 valence electrons. The zero-order valence-corrected chi connectivity index (χ0v) is 8.99. The second-order valence-electron chi connectivity index (χ2n) is 2.72. The zero-order valence-electron chi connectivity index (χ0n) is 6.59. The molecule has 5 heteroatoms. The van der Waals surface area contributed by atoms with Crippen LogP contribution in [-0.4, -0.2) is 30.6 Å². The maximum absolute atomic E-state index is 4.33. The number of hydrogen-bond donors (Lipinski definition) is 1. The molecule has 2 rings (SSSR count). The molecule has 1 saturated heterocycles. The molecule has 1 fully saturated rings. The predicted octanol–water partition coefficient (Wildman–Crippen LogP) is 1.32. The minimum absolute atomic E-state index is 1.06. The monoisotopic (exact) mass is 247 g/mol. The van der Waals surface area contributed by atoms with Crippen LogP contribution in [0, 0.1) is 0 Å². The van der Waals surface area contributed by atoms with Crippen molar-refractivity contribution in [3.05, 3.63) is 9.85 Å². The van der Waals surface area contributed by atoms with Crippen molar-refractivity contribution < 1.29 is 0 Å². The Bertz CT molecular complexity index is 257. The summed E-state index contributed by atoms with van der Waals surface area (Å²) in [6.45, 7) is 4.23. The molecule has 0 unspecified atom stereocenters. The Morgan fingerprint density at radius 3 is 2.83 bits per heavy atom. The van der Waals surface area contributed by atoms with Crippen LogP contribution in [0.3, 0.4) is 0 Å². The van der Waals surface area contributed by atoms with Crippen LogP contribution in [0.4, 0.5) is 5.82 Å². The summed E-state index contributed by atoms with van der Waals surface area (Å²) in [4.78, 5) is 2.30. The average Bonchev–Trinajstić information content (AvgIpc) is 2.53. The molecule has 0 aliphatic carbocycles. The highest BCUT2D eigenvalue weighted by Crippen LogP contribution is 2.26. The second-order valence-corrected chi connectivity index (χ2v) is 4.21. The molecule has 12 heavy (non-hydrogen) atoms. The van der Waals surface area contributed by atoms with E-state index in [0.717, 1.165) is 36.5 Å². The molecule has 1 N–H and O–H groups in total. The molecule has 0 atom stereocenters. The van der Waals surface area contributed by atoms with Crippen molar-refractivity contribution in [3.63, 3.8) is 0 Å². The minimum Gasteiger partial charge on any atom is -0.352 e. The highest BCUT2D eigenvalue weighted by molar-refractivity contribution is 9.10. The van der Waals surface area contributed by atoms with E-state index in [1.54, 1.807) is 0 Å². The van der Waals surface area contributed by atoms with Gasteiger partial charge >= 0.3 is 0 Å². The number of halogens is 1. The van der Waals surface area contributed by atoms with Gasteiger partial charge in [-0.3, -0.25) is 0 Å². The van der Waals surface area contributed by atoms with Gasteiger partial charge in [0.2, 0.25) is 0 Å². The second kappa shape index (κ2) is 3.72. The molecule has 0 radical (unpaired) electrons. The van der Waals surface area contributed by atoms with Crippen LogP contribution < -0.4 is 10.2 Å². The quantitative estimate of drug-likeness (QED) is 0.812. The topological polar surface area (TPSA) is 28.2 Å². The first-order valence-electron chi connectivity index (χ1n) is 3.93. The highest BCUT2D eigenvalue weighted by atomic mass is 79.9. The lowest BCUT2D eigenvalue weighted by Crippen LogP contribution is -2.43. The van der Waals surface area contributed by atoms with Gasteiger partial charge in [0.1, 0.15) is 0 Å². The molecule has 1 aromatic rings. The lowest BCUT2D eigenvalue weighted by Gasteiger charge is -2.27. The van der Waals surface area contributed by atoms with Crippen molar-refractivity contribution >= 4 is 33.3 Å². The van der Waals surface area contributed by atoms with Crippen LogP contribution >= 0.6 is 27.5 Å². The van der Waals surface area contributed by atoms with Gasteiger partial charge in [0.15, 0.2) is 5.82 Å². The lowest BCUT2D eigenvalue weighted by atomic mass is 10.3. The number of nitrogens with one attached hydrogen (secondary N) is 1. The van der Waals surface area contributed by atoms with Crippen LogP contribution in [0.1, 0.15) is 0 Å². The average molecular weight is 248 g/mol. The molecule has 1 aliphatic heterocycles. The van der Waals surface area contributed by atoms with Gasteiger partial charge in [0, 0.05) is 31.6 Å². The van der Waals surface area contributed by atoms with Crippen molar-refractivity contribution in [1.29, 1.82) is 0 Å². The molecule has 0 saturated carbocycles. The van der Waals surface area contributed by atoms with Crippen LogP contribution in [0.15, 0.2) is 9.85 Å². The van der Waals surface area contributed by atoms with Crippen molar-refractivity contribution in [2.24, 2.45) is 0 Å². The van der Waals surface area contributed by atoms with E-state index >= 15 is 0 Å². The lowest BCUT2D eigenvalue weighted by molar-refractivity contribution is 0.586. The SMILES string of the molecule is Brc1csnc1N1CCNCC1. The van der Waals surface area contributed by atoms with E-state index in [4.69, 9.17) is 0 Å². The first kappa shape index (κ1) is 8.47. The molecular formula is C7H10BrN3S. The van der Waals surface area contributed by atoms with Crippen molar-refractivity contribution in [3.8, 4) is 0 Å². The van der Waals surface area contributed by atoms with Gasteiger partial charge in [0.25, 0.3) is 0 Å². The molecule has 2 heterocycles. The predicted molar refractivity (Wildman–Crippen MR) is 54.9 cm³/mol. The van der Waals surface area contributed by atoms with E-state index in [-0.39, 0.29) is 0 Å². The smallest absolute Gasteiger partial charge is 0.156 e. The summed E-state index contributed by atoms with van der Waals surface area (Å²) in [7, 11) is 0. The first-order chi connectivity index (χ1) is 5.88. The maximum atomic E-state index is 4.33. The van der Waals surface area contributed by atoms with E-state index in [1.807, 2.05) is 5.38 Å². The Hall–Kier alpha value is -0.130. The fourth-order valence-electron chi connectivity index (χ4n) is 1.30. The third-order valence-corrected chi connectivity index (χ3v) is 3.43. The summed E-state index contributed by atoms with van der Waals surface area (Å²) in [5.41, 5.74) is 0. The zero-order chi connectivity index (χ0) is 8.39. The van der Waals surface area contributed by atoms with Gasteiger partial charge < -0.3 is 10.2 Å². The van der Waals surface area contributed by atoms with Crippen molar-refractivity contribution in [2.45, 2.75) is 0 Å². The third kappa shape index (κ3) is 1.62. The number of aromatic nitrogens is 1. The van der Waals surface area contributed by atoms with Crippen molar-refractivity contribution in [1.82, 2.24) is 9.69 Å². The molecular weight excluding hydrogens is 238 g/mol. The number of anilines is 1. The van der Waals surface area contributed by atoms with Gasteiger partial charge in [-0.25, -0.2) is 0 Å². The molecule has 3 nitrogen and oxygen atoms in total. The molecule has 0 aromatic carbocycles. The summed E-state index contributed by atoms with van der Waals surface area (Å²) in [5.74, 6) is 1.10. The van der Waals surface area contributed by atoms with Crippen LogP contribution in [-0.2, 0) is 0 Å². The standard InChI is InChI=1S/C7H10BrN3S/c8-6-5-12-10-7(6)11-3-1-9-2-4-11/h5,9H,1-4H2. The Morgan fingerprint density at radius 2 is 2.25 bits per heavy atom. The third-order valence-electron chi connectivity index (χ3n) is 1.93. The fourth-order valence-corrected chi connectivity index (χ4v) is 2.58. The van der Waals surface area contributed by atoms with Gasteiger partial charge in [-0.05, 0) is 27.5 Å². The molecule has 0 bridgehead atoms. The first-order valence-corrected chi connectivity index (χ1v) is 5.56. The molecule has 1 aliphatic rings. The molecule has 0 amide bonds. The van der Waals surface area contributed by atoms with E-state index in [1.165, 1.54) is 11.5 Å². The number of hydrogen-bond acceptors (Lipinski definition) is 4. The summed E-state index contributed by atoms with van der Waals surface area (Å²) in [6, 6.07) is 0. The fraction of sp³-hybridized carbons (Fsp3) is 0.571. The summed E-state index contributed by atoms with van der Waals surface area (Å²) < 4.78 is 5.45. The van der Waals surface area contributed by atoms with Gasteiger partial charge in [-0.2, -0.15) is 4.37 Å². The van der Waals surface area contributed by atoms with E-state index < -0.39 is 0 Å². The number of piperazine rings is 1. The Kier molecular flexibility index (Phi) is 2.63. The minimum atomic E-state index is 1.06. The largest absolute Gasteiger partial charge is 0.352 e. The van der Waals surface area contributed by atoms with Gasteiger partial charge in [-0.1, -0.05) is 0 Å². The van der Waals surface area contributed by atoms with Gasteiger partial charge in [0.05, 0.1) is 4.47 Å². The summed E-state index contributed by atoms with van der Waals surface area (Å²) >= 11 is 4.99. The van der Waals surface area contributed by atoms with Crippen LogP contribution in [0.25, 0.3) is 0 Å². The van der Waals surface area contributed by atoms with E-state index in [2.05, 4.69) is 30.5 Å². The Balaban J connectivity index is 2.13. The van der Waals surface area contributed by atoms with E-state index in [0.29, 0.717) is 0 Å². The van der Waals surface area contributed by atoms with Crippen LogP contribution in [0.2, 0.25) is 0 Å². The summed E-state index contributed by atoms with van der Waals surface area (Å²) in [5, 5.41) is 5.34. The number of nitrogens with zero attached hydrogens (tertiary/aromatic N) is 2. The normalized spacial score (nSPS) is 18.2. The Morgan fingerprint density at radius 1 is 1.50 bits per heavy atom. The van der Waals surface area contributed by atoms with Gasteiger partial charge in [-0.15, -0.1) is 0 Å². The van der Waals surface area contributed by atoms with Crippen molar-refractivity contribution in [2.75, 3.05) is 31.1 Å².